The van der Waals surface area contributed by atoms with E-state index >= 15 is 0 Å². The Morgan fingerprint density at radius 2 is 1.50 bits per heavy atom. The van der Waals surface area contributed by atoms with E-state index in [0.717, 1.165) is 13.1 Å². The van der Waals surface area contributed by atoms with E-state index in [1.54, 1.807) is 0 Å². The van der Waals surface area contributed by atoms with Crippen LogP contribution < -0.4 is 5.19 Å². The van der Waals surface area contributed by atoms with E-state index in [2.05, 4.69) is 81.3 Å². The molecule has 0 aromatic heterocycles. The first-order valence-electron chi connectivity index (χ1n) is 6.99. The zero-order chi connectivity index (χ0) is 13.8. The molecule has 0 spiro atoms. The van der Waals surface area contributed by atoms with Gasteiger partial charge in [-0.05, 0) is 37.9 Å². The van der Waals surface area contributed by atoms with Gasteiger partial charge in [0, 0.05) is 0 Å². The van der Waals surface area contributed by atoms with Crippen LogP contribution in [0.15, 0.2) is 30.3 Å². The number of hydrogen-bond donors (Lipinski definition) is 0. The van der Waals surface area contributed by atoms with Gasteiger partial charge in [0.15, 0.2) is 0 Å². The average Bonchev–Trinajstić information content (AvgIpc) is 2.35. The van der Waals surface area contributed by atoms with Crippen LogP contribution in [0.5, 0.6) is 0 Å². The minimum atomic E-state index is -1.79. The van der Waals surface area contributed by atoms with Crippen molar-refractivity contribution in [2.45, 2.75) is 33.2 Å². The molecule has 0 heterocycles. The summed E-state index contributed by atoms with van der Waals surface area (Å²) in [4.78, 5) is 0. The lowest BCUT2D eigenvalue weighted by Gasteiger charge is -2.48. The molecule has 0 radical (unpaired) electrons. The quantitative estimate of drug-likeness (QED) is 0.729. The van der Waals surface area contributed by atoms with Crippen LogP contribution in [0.25, 0.3) is 0 Å². The Morgan fingerprint density at radius 3 is 1.83 bits per heavy atom. The van der Waals surface area contributed by atoms with Crippen molar-refractivity contribution < 1.29 is 0 Å². The third kappa shape index (κ3) is 2.53. The fraction of sp³-hybridized carbons (Fsp3) is 0.600. The highest BCUT2D eigenvalue weighted by atomic mass is 28.3. The number of benzene rings is 1. The summed E-state index contributed by atoms with van der Waals surface area (Å²) >= 11 is 0. The SMILES string of the molecule is CCN(CC)[Si](c1ccccc1)(C(C)C)N(C)C. The zero-order valence-electron chi connectivity index (χ0n) is 12.8. The summed E-state index contributed by atoms with van der Waals surface area (Å²) in [5.74, 6) is 0. The van der Waals surface area contributed by atoms with Gasteiger partial charge in [-0.1, -0.05) is 58.0 Å². The lowest BCUT2D eigenvalue weighted by Crippen LogP contribution is -2.72. The predicted octanol–water partition coefficient (Wildman–Crippen LogP) is 2.65. The van der Waals surface area contributed by atoms with E-state index in [9.17, 15) is 0 Å². The maximum atomic E-state index is 2.69. The summed E-state index contributed by atoms with van der Waals surface area (Å²) in [6, 6.07) is 11.1. The van der Waals surface area contributed by atoms with E-state index in [4.69, 9.17) is 0 Å². The Morgan fingerprint density at radius 1 is 1.00 bits per heavy atom. The molecule has 0 N–H and O–H groups in total. The first kappa shape index (κ1) is 15.4. The monoisotopic (exact) mass is 264 g/mol. The normalized spacial score (nSPS) is 15.4. The van der Waals surface area contributed by atoms with Gasteiger partial charge in [0.25, 0.3) is 0 Å². The fourth-order valence-corrected chi connectivity index (χ4v) is 8.85. The van der Waals surface area contributed by atoms with Crippen LogP contribution in [0.1, 0.15) is 27.7 Å². The average molecular weight is 264 g/mol. The number of nitrogens with zero attached hydrogens (tertiary/aromatic N) is 2. The maximum Gasteiger partial charge on any atom is 0.241 e. The summed E-state index contributed by atoms with van der Waals surface area (Å²) in [5, 5.41) is 1.52. The molecule has 0 aliphatic carbocycles. The molecule has 1 rings (SSSR count). The molecule has 1 aromatic rings. The van der Waals surface area contributed by atoms with Crippen molar-refractivity contribution >= 4 is 13.6 Å². The molecule has 0 fully saturated rings. The zero-order valence-corrected chi connectivity index (χ0v) is 13.8. The summed E-state index contributed by atoms with van der Waals surface area (Å²) in [5.41, 5.74) is 0.662. The van der Waals surface area contributed by atoms with Crippen LogP contribution in [-0.2, 0) is 0 Å². The first-order valence-corrected chi connectivity index (χ1v) is 8.96. The van der Waals surface area contributed by atoms with E-state index in [-0.39, 0.29) is 0 Å². The van der Waals surface area contributed by atoms with Gasteiger partial charge in [0.1, 0.15) is 0 Å². The van der Waals surface area contributed by atoms with Crippen molar-refractivity contribution in [1.29, 1.82) is 0 Å². The van der Waals surface area contributed by atoms with Crippen molar-refractivity contribution in [1.82, 2.24) is 9.13 Å². The standard InChI is InChI=1S/C15H28N2Si/c1-7-17(8-2)18(14(3)4,16(5)6)15-12-10-9-11-13-15/h9-14H,7-8H2,1-6H3. The van der Waals surface area contributed by atoms with Gasteiger partial charge in [0.05, 0.1) is 0 Å². The Hall–Kier alpha value is -0.643. The topological polar surface area (TPSA) is 6.48 Å². The van der Waals surface area contributed by atoms with Gasteiger partial charge >= 0.3 is 0 Å². The van der Waals surface area contributed by atoms with Gasteiger partial charge in [-0.25, -0.2) is 0 Å². The van der Waals surface area contributed by atoms with E-state index in [1.165, 1.54) is 5.19 Å². The molecule has 3 heteroatoms. The second-order valence-corrected chi connectivity index (χ2v) is 10.0. The minimum absolute atomic E-state index is 0.662. The molecule has 18 heavy (non-hydrogen) atoms. The molecular formula is C15H28N2Si. The van der Waals surface area contributed by atoms with Crippen LogP contribution in [0.3, 0.4) is 0 Å². The summed E-state index contributed by atoms with van der Waals surface area (Å²) < 4.78 is 5.19. The smallest absolute Gasteiger partial charge is 0.241 e. The van der Waals surface area contributed by atoms with Crippen LogP contribution in [0.4, 0.5) is 0 Å². The number of hydrogen-bond acceptors (Lipinski definition) is 2. The highest BCUT2D eigenvalue weighted by molar-refractivity contribution is 6.88. The van der Waals surface area contributed by atoms with Crippen molar-refractivity contribution in [2.75, 3.05) is 27.2 Å². The molecule has 2 nitrogen and oxygen atoms in total. The highest BCUT2D eigenvalue weighted by Gasteiger charge is 2.46. The molecule has 102 valence electrons. The van der Waals surface area contributed by atoms with Gasteiger partial charge < -0.3 is 9.13 Å². The second-order valence-electron chi connectivity index (χ2n) is 5.31. The van der Waals surface area contributed by atoms with Gasteiger partial charge in [-0.15, -0.1) is 0 Å². The van der Waals surface area contributed by atoms with Crippen molar-refractivity contribution in [3.05, 3.63) is 30.3 Å². The molecule has 0 bridgehead atoms. The summed E-state index contributed by atoms with van der Waals surface area (Å²) in [6.45, 7) is 11.5. The van der Waals surface area contributed by atoms with Gasteiger partial charge in [-0.2, -0.15) is 0 Å². The lowest BCUT2D eigenvalue weighted by molar-refractivity contribution is 0.396. The Bertz CT molecular complexity index is 337. The molecule has 1 atom stereocenters. The van der Waals surface area contributed by atoms with E-state index < -0.39 is 8.40 Å². The van der Waals surface area contributed by atoms with Crippen LogP contribution in [0.2, 0.25) is 5.54 Å². The lowest BCUT2D eigenvalue weighted by atomic mass is 10.4. The van der Waals surface area contributed by atoms with Crippen molar-refractivity contribution in [3.63, 3.8) is 0 Å². The highest BCUT2D eigenvalue weighted by Crippen LogP contribution is 2.26. The molecular weight excluding hydrogens is 236 g/mol. The first-order chi connectivity index (χ1) is 8.51. The second kappa shape index (κ2) is 6.50. The van der Waals surface area contributed by atoms with Crippen LogP contribution >= 0.6 is 0 Å². The molecule has 0 saturated carbocycles. The Labute approximate surface area is 114 Å². The predicted molar refractivity (Wildman–Crippen MR) is 83.5 cm³/mol. The van der Waals surface area contributed by atoms with Crippen molar-refractivity contribution in [3.8, 4) is 0 Å². The van der Waals surface area contributed by atoms with Gasteiger partial charge in [-0.3, -0.25) is 0 Å². The Kier molecular flexibility index (Phi) is 5.57. The third-order valence-electron chi connectivity index (χ3n) is 3.93. The molecule has 0 saturated heterocycles. The summed E-state index contributed by atoms with van der Waals surface area (Å²) in [6.07, 6.45) is 0. The summed E-state index contributed by atoms with van der Waals surface area (Å²) in [7, 11) is 2.71. The molecule has 0 amide bonds. The van der Waals surface area contributed by atoms with Crippen molar-refractivity contribution in [2.24, 2.45) is 0 Å². The molecule has 1 unspecified atom stereocenters. The van der Waals surface area contributed by atoms with Crippen LogP contribution in [-0.4, -0.2) is 44.7 Å². The fourth-order valence-electron chi connectivity index (χ4n) is 3.33. The largest absolute Gasteiger partial charge is 0.313 e. The third-order valence-corrected chi connectivity index (χ3v) is 9.68. The number of rotatable bonds is 6. The molecule has 0 aliphatic rings. The molecule has 1 aromatic carbocycles. The minimum Gasteiger partial charge on any atom is -0.313 e. The van der Waals surface area contributed by atoms with E-state index in [1.807, 2.05) is 0 Å². The molecule has 0 aliphatic heterocycles. The van der Waals surface area contributed by atoms with E-state index in [0.29, 0.717) is 5.54 Å². The maximum absolute atomic E-state index is 2.69. The van der Waals surface area contributed by atoms with Gasteiger partial charge in [0.2, 0.25) is 8.40 Å². The van der Waals surface area contributed by atoms with Crippen LogP contribution in [0, 0.1) is 0 Å². The Balaban J connectivity index is 3.40.